The molecule has 0 spiro atoms. The number of carbonyl (C=O) groups excluding carboxylic acids is 1. The van der Waals surface area contributed by atoms with Gasteiger partial charge in [-0.3, -0.25) is 0 Å². The Labute approximate surface area is 118 Å². The summed E-state index contributed by atoms with van der Waals surface area (Å²) in [6.07, 6.45) is 1.53. The second kappa shape index (κ2) is 5.30. The number of halogens is 1. The third-order valence-electron chi connectivity index (χ3n) is 2.30. The number of anilines is 1. The van der Waals surface area contributed by atoms with Crippen LogP contribution in [0.4, 0.5) is 5.82 Å². The minimum atomic E-state index is -0.590. The van der Waals surface area contributed by atoms with Crippen LogP contribution in [0, 0.1) is 3.57 Å². The lowest BCUT2D eigenvalue weighted by Crippen LogP contribution is -2.10. The van der Waals surface area contributed by atoms with E-state index in [9.17, 15) is 4.79 Å². The number of ether oxygens (including phenoxy) is 1. The van der Waals surface area contributed by atoms with Crippen molar-refractivity contribution in [1.29, 1.82) is 0 Å². The predicted molar refractivity (Wildman–Crippen MR) is 75.9 cm³/mol. The summed E-state index contributed by atoms with van der Waals surface area (Å²) in [5.41, 5.74) is 7.09. The van der Waals surface area contributed by atoms with Crippen molar-refractivity contribution < 1.29 is 9.53 Å². The number of hydrogen-bond acceptors (Lipinski definition) is 5. The quantitative estimate of drug-likeness (QED) is 0.660. The third kappa shape index (κ3) is 2.58. The topological polar surface area (TPSA) is 78.1 Å². The zero-order valence-electron chi connectivity index (χ0n) is 9.55. The van der Waals surface area contributed by atoms with E-state index in [-0.39, 0.29) is 11.5 Å². The monoisotopic (exact) mass is 355 g/mol. The van der Waals surface area contributed by atoms with Gasteiger partial charge in [0.05, 0.1) is 19.0 Å². The Morgan fingerprint density at radius 1 is 1.44 bits per heavy atom. The molecule has 1 heterocycles. The second-order valence-corrected chi connectivity index (χ2v) is 4.74. The van der Waals surface area contributed by atoms with Crippen LogP contribution in [0.25, 0.3) is 11.3 Å². The number of methoxy groups -OCH3 is 1. The fourth-order valence-electron chi connectivity index (χ4n) is 1.43. The van der Waals surface area contributed by atoms with Crippen molar-refractivity contribution in [3.63, 3.8) is 0 Å². The minimum absolute atomic E-state index is 0.0360. The molecule has 1 aromatic heterocycles. The molecule has 18 heavy (non-hydrogen) atoms. The summed E-state index contributed by atoms with van der Waals surface area (Å²) in [5, 5.41) is 0. The van der Waals surface area contributed by atoms with Crippen LogP contribution in [0.1, 0.15) is 10.5 Å². The first-order valence-electron chi connectivity index (χ1n) is 5.08. The Hall–Kier alpha value is -1.70. The van der Waals surface area contributed by atoms with Gasteiger partial charge in [-0.1, -0.05) is 12.1 Å². The van der Waals surface area contributed by atoms with Gasteiger partial charge in [0.15, 0.2) is 11.5 Å². The molecule has 0 aliphatic rings. The van der Waals surface area contributed by atoms with Crippen LogP contribution in [-0.4, -0.2) is 23.0 Å². The highest BCUT2D eigenvalue weighted by atomic mass is 127. The normalized spacial score (nSPS) is 10.1. The maximum atomic E-state index is 11.5. The molecule has 2 rings (SSSR count). The molecule has 0 saturated carbocycles. The molecule has 0 fully saturated rings. The van der Waals surface area contributed by atoms with Gasteiger partial charge in [0.25, 0.3) is 0 Å². The van der Waals surface area contributed by atoms with Crippen LogP contribution < -0.4 is 5.73 Å². The Bertz CT molecular complexity index is 602. The molecule has 2 aromatic rings. The molecule has 0 aliphatic heterocycles. The van der Waals surface area contributed by atoms with Crippen LogP contribution >= 0.6 is 22.6 Å². The van der Waals surface area contributed by atoms with Crippen LogP contribution in [0.2, 0.25) is 0 Å². The molecule has 0 atom stereocenters. The molecule has 1 aromatic carbocycles. The van der Waals surface area contributed by atoms with Gasteiger partial charge in [-0.2, -0.15) is 0 Å². The number of benzene rings is 1. The lowest BCUT2D eigenvalue weighted by Gasteiger charge is -2.05. The van der Waals surface area contributed by atoms with Crippen molar-refractivity contribution in [3.05, 3.63) is 39.7 Å². The SMILES string of the molecule is COC(=O)c1nc(-c2cccc(I)c2)cnc1N. The van der Waals surface area contributed by atoms with Crippen molar-refractivity contribution in [1.82, 2.24) is 9.97 Å². The van der Waals surface area contributed by atoms with Gasteiger partial charge in [0, 0.05) is 9.13 Å². The highest BCUT2D eigenvalue weighted by Crippen LogP contribution is 2.20. The molecular formula is C12H10IN3O2. The number of esters is 1. The predicted octanol–water partition coefficient (Wildman–Crippen LogP) is 2.12. The van der Waals surface area contributed by atoms with E-state index in [1.807, 2.05) is 24.3 Å². The summed E-state index contributed by atoms with van der Waals surface area (Å²) < 4.78 is 5.68. The maximum Gasteiger partial charge on any atom is 0.360 e. The van der Waals surface area contributed by atoms with Crippen LogP contribution in [0.15, 0.2) is 30.5 Å². The largest absolute Gasteiger partial charge is 0.464 e. The number of nitrogens with zero attached hydrogens (tertiary/aromatic N) is 2. The first-order chi connectivity index (χ1) is 8.61. The molecule has 0 unspecified atom stereocenters. The number of hydrogen-bond donors (Lipinski definition) is 1. The van der Waals surface area contributed by atoms with Crippen LogP contribution in [-0.2, 0) is 4.74 Å². The van der Waals surface area contributed by atoms with Crippen molar-refractivity contribution in [2.24, 2.45) is 0 Å². The number of nitrogens with two attached hydrogens (primary N) is 1. The molecule has 2 N–H and O–H groups in total. The molecule has 6 heteroatoms. The Balaban J connectivity index is 2.50. The van der Waals surface area contributed by atoms with Gasteiger partial charge in [-0.15, -0.1) is 0 Å². The molecule has 0 aliphatic carbocycles. The summed E-state index contributed by atoms with van der Waals surface area (Å²) in [6, 6.07) is 7.72. The maximum absolute atomic E-state index is 11.5. The van der Waals surface area contributed by atoms with E-state index >= 15 is 0 Å². The molecular weight excluding hydrogens is 345 g/mol. The first-order valence-corrected chi connectivity index (χ1v) is 6.16. The molecule has 0 amide bonds. The number of carbonyl (C=O) groups is 1. The first kappa shape index (κ1) is 12.7. The van der Waals surface area contributed by atoms with E-state index in [0.717, 1.165) is 9.13 Å². The van der Waals surface area contributed by atoms with E-state index < -0.39 is 5.97 Å². The van der Waals surface area contributed by atoms with Crippen molar-refractivity contribution in [2.45, 2.75) is 0 Å². The summed E-state index contributed by atoms with van der Waals surface area (Å²) in [5.74, 6) is -0.524. The Morgan fingerprint density at radius 2 is 2.22 bits per heavy atom. The summed E-state index contributed by atoms with van der Waals surface area (Å²) in [7, 11) is 1.28. The fourth-order valence-corrected chi connectivity index (χ4v) is 1.98. The van der Waals surface area contributed by atoms with E-state index in [4.69, 9.17) is 5.73 Å². The van der Waals surface area contributed by atoms with Gasteiger partial charge in [0.2, 0.25) is 0 Å². The zero-order chi connectivity index (χ0) is 13.1. The highest BCUT2D eigenvalue weighted by molar-refractivity contribution is 14.1. The van der Waals surface area contributed by atoms with Crippen LogP contribution in [0.5, 0.6) is 0 Å². The smallest absolute Gasteiger partial charge is 0.360 e. The van der Waals surface area contributed by atoms with Crippen molar-refractivity contribution >= 4 is 34.4 Å². The van der Waals surface area contributed by atoms with Crippen LogP contribution in [0.3, 0.4) is 0 Å². The lowest BCUT2D eigenvalue weighted by atomic mass is 10.1. The van der Waals surface area contributed by atoms with Gasteiger partial charge in [-0.25, -0.2) is 14.8 Å². The molecule has 5 nitrogen and oxygen atoms in total. The number of aromatic nitrogens is 2. The number of nitrogen functional groups attached to an aromatic ring is 1. The van der Waals surface area contributed by atoms with Gasteiger partial charge in [-0.05, 0) is 34.7 Å². The number of rotatable bonds is 2. The standard InChI is InChI=1S/C12H10IN3O2/c1-18-12(17)10-11(14)15-6-9(16-10)7-3-2-4-8(13)5-7/h2-6H,1H3,(H2,14,15). The summed E-state index contributed by atoms with van der Waals surface area (Å²) in [6.45, 7) is 0. The Kier molecular flexibility index (Phi) is 3.75. The summed E-state index contributed by atoms with van der Waals surface area (Å²) in [4.78, 5) is 19.6. The second-order valence-electron chi connectivity index (χ2n) is 3.49. The van der Waals surface area contributed by atoms with Gasteiger partial charge < -0.3 is 10.5 Å². The van der Waals surface area contributed by atoms with Gasteiger partial charge >= 0.3 is 5.97 Å². The zero-order valence-corrected chi connectivity index (χ0v) is 11.7. The molecule has 92 valence electrons. The molecule has 0 radical (unpaired) electrons. The van der Waals surface area contributed by atoms with Gasteiger partial charge in [0.1, 0.15) is 0 Å². The molecule has 0 saturated heterocycles. The van der Waals surface area contributed by atoms with E-state index in [1.54, 1.807) is 0 Å². The Morgan fingerprint density at radius 3 is 2.89 bits per heavy atom. The fraction of sp³-hybridized carbons (Fsp3) is 0.0833. The summed E-state index contributed by atoms with van der Waals surface area (Å²) >= 11 is 2.20. The van der Waals surface area contributed by atoms with Crippen molar-refractivity contribution in [3.8, 4) is 11.3 Å². The average molecular weight is 355 g/mol. The average Bonchev–Trinajstić information content (AvgIpc) is 2.38. The van der Waals surface area contributed by atoms with Crippen molar-refractivity contribution in [2.75, 3.05) is 12.8 Å². The highest BCUT2D eigenvalue weighted by Gasteiger charge is 2.14. The third-order valence-corrected chi connectivity index (χ3v) is 2.97. The lowest BCUT2D eigenvalue weighted by molar-refractivity contribution is 0.0595. The van der Waals surface area contributed by atoms with E-state index in [2.05, 4.69) is 37.3 Å². The molecule has 0 bridgehead atoms. The van der Waals surface area contributed by atoms with E-state index in [0.29, 0.717) is 5.69 Å². The minimum Gasteiger partial charge on any atom is -0.464 e. The van der Waals surface area contributed by atoms with E-state index in [1.165, 1.54) is 13.3 Å².